The van der Waals surface area contributed by atoms with E-state index >= 15 is 0 Å². The van der Waals surface area contributed by atoms with Gasteiger partial charge >= 0.3 is 5.97 Å². The van der Waals surface area contributed by atoms with E-state index in [0.29, 0.717) is 5.69 Å². The number of hydrogen-bond donors (Lipinski definition) is 1. The van der Waals surface area contributed by atoms with Crippen LogP contribution in [0.25, 0.3) is 0 Å². The molecule has 1 N–H and O–H groups in total. The highest BCUT2D eigenvalue weighted by Gasteiger charge is 2.14. The second-order valence-electron chi connectivity index (χ2n) is 8.11. The van der Waals surface area contributed by atoms with Crippen LogP contribution in [0.15, 0.2) is 102 Å². The predicted octanol–water partition coefficient (Wildman–Crippen LogP) is 3.77. The number of aromatic nitrogens is 1. The average molecular weight is 499 g/mol. The van der Waals surface area contributed by atoms with Crippen LogP contribution in [-0.4, -0.2) is 23.7 Å². The minimum atomic E-state index is -0.538. The van der Waals surface area contributed by atoms with E-state index in [1.165, 1.54) is 30.2 Å². The Balaban J connectivity index is 1.53. The molecule has 8 heteroatoms. The van der Waals surface area contributed by atoms with Gasteiger partial charge in [0.15, 0.2) is 5.75 Å². The van der Waals surface area contributed by atoms with E-state index in [1.54, 1.807) is 18.2 Å². The maximum Gasteiger partial charge on any atom is 0.337 e. The summed E-state index contributed by atoms with van der Waals surface area (Å²) in [4.78, 5) is 43.3. The lowest BCUT2D eigenvalue weighted by Crippen LogP contribution is -2.28. The maximum atomic E-state index is 12.8. The summed E-state index contributed by atoms with van der Waals surface area (Å²) < 4.78 is 11.9. The SMILES string of the molecule is COC(=O)c1cccc(C(=O)NCc2cc(=O)c(OCc3ccccc3)cn2OCc2ccccc2)c1. The number of nitrogens with one attached hydrogen (secondary N) is 1. The molecule has 0 aliphatic heterocycles. The molecule has 0 aliphatic rings. The predicted molar refractivity (Wildman–Crippen MR) is 137 cm³/mol. The Kier molecular flexibility index (Phi) is 8.33. The van der Waals surface area contributed by atoms with Crippen LogP contribution >= 0.6 is 0 Å². The van der Waals surface area contributed by atoms with Crippen LogP contribution in [0, 0.1) is 0 Å². The Morgan fingerprint density at radius 3 is 2.14 bits per heavy atom. The molecule has 1 heterocycles. The number of esters is 1. The molecule has 0 aliphatic carbocycles. The number of methoxy groups -OCH3 is 1. The lowest BCUT2D eigenvalue weighted by molar-refractivity contribution is 0.0600. The highest BCUT2D eigenvalue weighted by atomic mass is 16.7. The number of benzene rings is 3. The number of hydrogen-bond acceptors (Lipinski definition) is 6. The lowest BCUT2D eigenvalue weighted by Gasteiger charge is -2.17. The number of ether oxygens (including phenoxy) is 2. The number of carbonyl (C=O) groups is 2. The van der Waals surface area contributed by atoms with Gasteiger partial charge < -0.3 is 19.6 Å². The number of amides is 1. The molecule has 0 atom stereocenters. The summed E-state index contributed by atoms with van der Waals surface area (Å²) in [6.45, 7) is 0.468. The number of pyridine rings is 1. The zero-order chi connectivity index (χ0) is 26.0. The number of carbonyl (C=O) groups excluding carboxylic acids is 2. The van der Waals surface area contributed by atoms with Crippen LogP contribution in [0.1, 0.15) is 37.5 Å². The molecule has 0 unspecified atom stereocenters. The summed E-state index contributed by atoms with van der Waals surface area (Å²) in [5.41, 5.74) is 2.48. The number of nitrogens with zero attached hydrogens (tertiary/aromatic N) is 1. The van der Waals surface area contributed by atoms with Crippen molar-refractivity contribution in [3.8, 4) is 5.75 Å². The van der Waals surface area contributed by atoms with Gasteiger partial charge in [-0.15, -0.1) is 0 Å². The third kappa shape index (κ3) is 6.85. The summed E-state index contributed by atoms with van der Waals surface area (Å²) in [7, 11) is 1.27. The van der Waals surface area contributed by atoms with Crippen LogP contribution < -0.4 is 20.3 Å². The molecule has 1 aromatic heterocycles. The fourth-order valence-electron chi connectivity index (χ4n) is 3.53. The fourth-order valence-corrected chi connectivity index (χ4v) is 3.53. The third-order valence-corrected chi connectivity index (χ3v) is 5.48. The maximum absolute atomic E-state index is 12.8. The Bertz CT molecular complexity index is 1420. The van der Waals surface area contributed by atoms with E-state index in [-0.39, 0.29) is 42.1 Å². The average Bonchev–Trinajstić information content (AvgIpc) is 2.95. The molecular weight excluding hydrogens is 472 g/mol. The molecule has 0 spiro atoms. The van der Waals surface area contributed by atoms with Gasteiger partial charge in [0, 0.05) is 11.6 Å². The van der Waals surface area contributed by atoms with Gasteiger partial charge in [0.2, 0.25) is 5.43 Å². The Morgan fingerprint density at radius 1 is 0.811 bits per heavy atom. The van der Waals surface area contributed by atoms with Crippen molar-refractivity contribution in [1.29, 1.82) is 0 Å². The highest BCUT2D eigenvalue weighted by molar-refractivity contribution is 5.97. The largest absolute Gasteiger partial charge is 0.483 e. The molecular formula is C29H26N2O6. The van der Waals surface area contributed by atoms with E-state index in [1.807, 2.05) is 60.7 Å². The van der Waals surface area contributed by atoms with Crippen LogP contribution in [0.4, 0.5) is 0 Å². The van der Waals surface area contributed by atoms with Gasteiger partial charge in [0.25, 0.3) is 5.91 Å². The van der Waals surface area contributed by atoms with Gasteiger partial charge in [-0.2, -0.15) is 4.73 Å². The molecule has 3 aromatic carbocycles. The van der Waals surface area contributed by atoms with Crippen molar-refractivity contribution in [2.45, 2.75) is 19.8 Å². The lowest BCUT2D eigenvalue weighted by atomic mass is 10.1. The molecule has 0 radical (unpaired) electrons. The minimum Gasteiger partial charge on any atom is -0.483 e. The van der Waals surface area contributed by atoms with Gasteiger partial charge in [-0.1, -0.05) is 66.7 Å². The van der Waals surface area contributed by atoms with E-state index in [0.717, 1.165) is 11.1 Å². The second kappa shape index (κ2) is 12.2. The summed E-state index contributed by atoms with van der Waals surface area (Å²) in [6, 6.07) is 26.6. The topological polar surface area (TPSA) is 95.9 Å². The first-order valence-electron chi connectivity index (χ1n) is 11.6. The summed E-state index contributed by atoms with van der Waals surface area (Å²) in [6.07, 6.45) is 1.48. The first kappa shape index (κ1) is 25.2. The first-order valence-corrected chi connectivity index (χ1v) is 11.6. The van der Waals surface area contributed by atoms with Crippen molar-refractivity contribution in [3.63, 3.8) is 0 Å². The van der Waals surface area contributed by atoms with Gasteiger partial charge in [0.05, 0.1) is 31.1 Å². The van der Waals surface area contributed by atoms with E-state index in [4.69, 9.17) is 14.3 Å². The molecule has 1 amide bonds. The van der Waals surface area contributed by atoms with Gasteiger partial charge in [-0.05, 0) is 29.3 Å². The van der Waals surface area contributed by atoms with Crippen molar-refractivity contribution in [3.05, 3.63) is 135 Å². The molecule has 0 saturated heterocycles. The first-order chi connectivity index (χ1) is 18.0. The number of rotatable bonds is 10. The van der Waals surface area contributed by atoms with Crippen molar-refractivity contribution in [2.24, 2.45) is 0 Å². The third-order valence-electron chi connectivity index (χ3n) is 5.48. The normalized spacial score (nSPS) is 10.4. The van der Waals surface area contributed by atoms with E-state index in [2.05, 4.69) is 5.32 Å². The van der Waals surface area contributed by atoms with Crippen LogP contribution in [0.3, 0.4) is 0 Å². The van der Waals surface area contributed by atoms with Gasteiger partial charge in [-0.3, -0.25) is 9.59 Å². The quantitative estimate of drug-likeness (QED) is 0.335. The molecule has 8 nitrogen and oxygen atoms in total. The minimum absolute atomic E-state index is 0.00425. The van der Waals surface area contributed by atoms with E-state index in [9.17, 15) is 14.4 Å². The van der Waals surface area contributed by atoms with Crippen LogP contribution in [0.2, 0.25) is 0 Å². The molecule has 4 rings (SSSR count). The standard InChI is InChI=1S/C29H26N2O6/c1-35-29(34)24-14-8-13-23(15-24)28(33)30-17-25-16-26(32)27(36-19-21-9-4-2-5-10-21)18-31(25)37-20-22-11-6-3-7-12-22/h2-16,18H,17,19-20H2,1H3,(H,30,33). The zero-order valence-corrected chi connectivity index (χ0v) is 20.3. The molecule has 37 heavy (non-hydrogen) atoms. The molecule has 0 saturated carbocycles. The van der Waals surface area contributed by atoms with Crippen LogP contribution in [-0.2, 0) is 24.5 Å². The van der Waals surface area contributed by atoms with Crippen molar-refractivity contribution < 1.29 is 23.9 Å². The summed E-state index contributed by atoms with van der Waals surface area (Å²) in [5, 5.41) is 2.77. The van der Waals surface area contributed by atoms with Gasteiger partial charge in [0.1, 0.15) is 13.2 Å². The van der Waals surface area contributed by atoms with Crippen molar-refractivity contribution in [1.82, 2.24) is 10.0 Å². The Labute approximate surface area is 214 Å². The van der Waals surface area contributed by atoms with Crippen molar-refractivity contribution in [2.75, 3.05) is 7.11 Å². The smallest absolute Gasteiger partial charge is 0.337 e. The summed E-state index contributed by atoms with van der Waals surface area (Å²) >= 11 is 0. The van der Waals surface area contributed by atoms with Crippen LogP contribution in [0.5, 0.6) is 5.75 Å². The second-order valence-corrected chi connectivity index (χ2v) is 8.11. The Hall–Kier alpha value is -4.85. The molecule has 0 bridgehead atoms. The fraction of sp³-hybridized carbons (Fsp3) is 0.138. The summed E-state index contributed by atoms with van der Waals surface area (Å²) in [5.74, 6) is -0.834. The monoisotopic (exact) mass is 498 g/mol. The molecule has 0 fully saturated rings. The van der Waals surface area contributed by atoms with Crippen molar-refractivity contribution >= 4 is 11.9 Å². The molecule has 4 aromatic rings. The zero-order valence-electron chi connectivity index (χ0n) is 20.3. The van der Waals surface area contributed by atoms with Gasteiger partial charge in [-0.25, -0.2) is 4.79 Å². The Morgan fingerprint density at radius 2 is 1.46 bits per heavy atom. The highest BCUT2D eigenvalue weighted by Crippen LogP contribution is 2.12. The van der Waals surface area contributed by atoms with E-state index < -0.39 is 11.9 Å². The molecule has 188 valence electrons.